The zero-order valence-corrected chi connectivity index (χ0v) is 11.6. The van der Waals surface area contributed by atoms with Crippen molar-refractivity contribution in [3.8, 4) is 5.75 Å². The molecular weight excluding hydrogens is 272 g/mol. The molecule has 0 aliphatic rings. The minimum Gasteiger partial charge on any atom is -0.489 e. The third-order valence-electron chi connectivity index (χ3n) is 2.39. The molecule has 4 nitrogen and oxygen atoms in total. The van der Waals surface area contributed by atoms with Crippen LogP contribution < -0.4 is 10.2 Å². The number of nitrogens with one attached hydrogen (secondary N) is 1. The normalized spacial score (nSPS) is 10.4. The van der Waals surface area contributed by atoms with Crippen molar-refractivity contribution in [2.45, 2.75) is 0 Å². The quantitative estimate of drug-likeness (QED) is 0.504. The first-order valence-electron chi connectivity index (χ1n) is 6.01. The number of hydrazone groups is 1. The molecule has 0 unspecified atom stereocenters. The van der Waals surface area contributed by atoms with Crippen LogP contribution in [0.2, 0.25) is 0 Å². The molecule has 2 aromatic rings. The molecule has 5 heteroatoms. The van der Waals surface area contributed by atoms with Gasteiger partial charge >= 0.3 is 0 Å². The van der Waals surface area contributed by atoms with Gasteiger partial charge < -0.3 is 4.74 Å². The van der Waals surface area contributed by atoms with Crippen molar-refractivity contribution < 1.29 is 9.53 Å². The largest absolute Gasteiger partial charge is 0.489 e. The summed E-state index contributed by atoms with van der Waals surface area (Å²) in [5, 5.41) is 5.87. The van der Waals surface area contributed by atoms with Crippen molar-refractivity contribution in [3.63, 3.8) is 0 Å². The Morgan fingerprint density at radius 1 is 1.35 bits per heavy atom. The number of para-hydroxylation sites is 1. The van der Waals surface area contributed by atoms with E-state index in [0.29, 0.717) is 17.9 Å². The molecule has 0 saturated carbocycles. The van der Waals surface area contributed by atoms with Crippen LogP contribution in [-0.4, -0.2) is 18.7 Å². The van der Waals surface area contributed by atoms with Crippen LogP contribution in [0.25, 0.3) is 0 Å². The highest BCUT2D eigenvalue weighted by Gasteiger charge is 2.10. The van der Waals surface area contributed by atoms with Crippen molar-refractivity contribution in [1.29, 1.82) is 0 Å². The molecule has 1 heterocycles. The van der Waals surface area contributed by atoms with Gasteiger partial charge in [-0.15, -0.1) is 11.3 Å². The summed E-state index contributed by atoms with van der Waals surface area (Å²) in [4.78, 5) is 13.0. The highest BCUT2D eigenvalue weighted by Crippen LogP contribution is 2.17. The molecule has 1 aromatic heterocycles. The fourth-order valence-corrected chi connectivity index (χ4v) is 2.09. The minimum absolute atomic E-state index is 0.308. The maximum atomic E-state index is 12.0. The Kier molecular flexibility index (Phi) is 5.08. The first-order valence-corrected chi connectivity index (χ1v) is 6.89. The Morgan fingerprint density at radius 2 is 2.20 bits per heavy atom. The molecule has 20 heavy (non-hydrogen) atoms. The lowest BCUT2D eigenvalue weighted by atomic mass is 10.2. The monoisotopic (exact) mass is 286 g/mol. The van der Waals surface area contributed by atoms with E-state index in [1.54, 1.807) is 41.8 Å². The number of benzene rings is 1. The first kappa shape index (κ1) is 14.0. The second-order valence-electron chi connectivity index (χ2n) is 3.81. The van der Waals surface area contributed by atoms with E-state index in [9.17, 15) is 4.79 Å². The van der Waals surface area contributed by atoms with E-state index in [0.717, 1.165) is 4.88 Å². The molecule has 102 valence electrons. The van der Waals surface area contributed by atoms with Crippen LogP contribution in [0, 0.1) is 0 Å². The lowest BCUT2D eigenvalue weighted by Gasteiger charge is -2.08. The van der Waals surface area contributed by atoms with E-state index < -0.39 is 0 Å². The number of amides is 1. The molecule has 0 aliphatic carbocycles. The Balaban J connectivity index is 2.03. The van der Waals surface area contributed by atoms with E-state index in [-0.39, 0.29) is 5.91 Å². The maximum Gasteiger partial charge on any atom is 0.275 e. The average molecular weight is 286 g/mol. The molecule has 0 saturated heterocycles. The number of nitrogens with zero attached hydrogens (tertiary/aromatic N) is 1. The standard InChI is InChI=1S/C15H14N2O2S/c1-2-9-19-14-8-4-3-7-13(14)15(18)17-16-11-12-6-5-10-20-12/h2-8,10-11H,1,9H2,(H,17,18)/b16-11+. The maximum absolute atomic E-state index is 12.0. The molecule has 0 atom stereocenters. The molecule has 1 amide bonds. The summed E-state index contributed by atoms with van der Waals surface area (Å²) in [6.07, 6.45) is 3.24. The molecule has 1 aromatic carbocycles. The number of carbonyl (C=O) groups excluding carboxylic acids is 1. The number of carbonyl (C=O) groups is 1. The van der Waals surface area contributed by atoms with Gasteiger partial charge in [0.1, 0.15) is 12.4 Å². The van der Waals surface area contributed by atoms with Gasteiger partial charge in [-0.1, -0.05) is 30.9 Å². The fourth-order valence-electron chi connectivity index (χ4n) is 1.51. The third kappa shape index (κ3) is 3.80. The molecule has 0 radical (unpaired) electrons. The van der Waals surface area contributed by atoms with Crippen LogP contribution in [0.5, 0.6) is 5.75 Å². The van der Waals surface area contributed by atoms with Crippen molar-refractivity contribution in [3.05, 3.63) is 64.9 Å². The topological polar surface area (TPSA) is 50.7 Å². The van der Waals surface area contributed by atoms with Crippen LogP contribution in [0.15, 0.2) is 59.5 Å². The number of hydrogen-bond donors (Lipinski definition) is 1. The Morgan fingerprint density at radius 3 is 2.95 bits per heavy atom. The Labute approximate surface area is 121 Å². The Hall–Kier alpha value is -2.40. The SMILES string of the molecule is C=CCOc1ccccc1C(=O)N/N=C/c1cccs1. The number of thiophene rings is 1. The van der Waals surface area contributed by atoms with Crippen LogP contribution in [0.1, 0.15) is 15.2 Å². The summed E-state index contributed by atoms with van der Waals surface area (Å²) in [5.41, 5.74) is 2.93. The van der Waals surface area contributed by atoms with Crippen LogP contribution in [-0.2, 0) is 0 Å². The van der Waals surface area contributed by atoms with Gasteiger partial charge in [-0.25, -0.2) is 5.43 Å². The van der Waals surface area contributed by atoms with E-state index in [4.69, 9.17) is 4.74 Å². The molecular formula is C15H14N2O2S. The summed E-state index contributed by atoms with van der Waals surface area (Å²) in [6, 6.07) is 10.9. The predicted molar refractivity (Wildman–Crippen MR) is 81.5 cm³/mol. The van der Waals surface area contributed by atoms with E-state index in [1.807, 2.05) is 23.6 Å². The average Bonchev–Trinajstić information content (AvgIpc) is 2.98. The summed E-state index contributed by atoms with van der Waals surface area (Å²) in [5.74, 6) is 0.202. The molecule has 2 rings (SSSR count). The van der Waals surface area contributed by atoms with Gasteiger partial charge in [0.25, 0.3) is 5.91 Å². The van der Waals surface area contributed by atoms with Gasteiger partial charge in [0, 0.05) is 4.88 Å². The van der Waals surface area contributed by atoms with Gasteiger partial charge in [0.2, 0.25) is 0 Å². The molecule has 0 aliphatic heterocycles. The summed E-state index contributed by atoms with van der Waals surface area (Å²) < 4.78 is 5.43. The highest BCUT2D eigenvalue weighted by atomic mass is 32.1. The second kappa shape index (κ2) is 7.25. The summed E-state index contributed by atoms with van der Waals surface area (Å²) in [7, 11) is 0. The van der Waals surface area contributed by atoms with Crippen LogP contribution in [0.3, 0.4) is 0 Å². The smallest absolute Gasteiger partial charge is 0.275 e. The molecule has 1 N–H and O–H groups in total. The fraction of sp³-hybridized carbons (Fsp3) is 0.0667. The van der Waals surface area contributed by atoms with Crippen molar-refractivity contribution in [1.82, 2.24) is 5.43 Å². The second-order valence-corrected chi connectivity index (χ2v) is 4.79. The lowest BCUT2D eigenvalue weighted by molar-refractivity contribution is 0.0951. The predicted octanol–water partition coefficient (Wildman–Crippen LogP) is 3.08. The summed E-state index contributed by atoms with van der Waals surface area (Å²) in [6.45, 7) is 3.93. The van der Waals surface area contributed by atoms with Crippen LogP contribution in [0.4, 0.5) is 0 Å². The van der Waals surface area contributed by atoms with Crippen molar-refractivity contribution >= 4 is 23.5 Å². The molecule has 0 bridgehead atoms. The van der Waals surface area contributed by atoms with Gasteiger partial charge in [-0.3, -0.25) is 4.79 Å². The lowest BCUT2D eigenvalue weighted by Crippen LogP contribution is -2.18. The number of ether oxygens (including phenoxy) is 1. The van der Waals surface area contributed by atoms with E-state index >= 15 is 0 Å². The highest BCUT2D eigenvalue weighted by molar-refractivity contribution is 7.11. The zero-order chi connectivity index (χ0) is 14.2. The van der Waals surface area contributed by atoms with Gasteiger partial charge in [0.05, 0.1) is 11.8 Å². The van der Waals surface area contributed by atoms with E-state index in [2.05, 4.69) is 17.1 Å². The minimum atomic E-state index is -0.308. The first-order chi connectivity index (χ1) is 9.81. The van der Waals surface area contributed by atoms with Crippen LogP contribution >= 0.6 is 11.3 Å². The van der Waals surface area contributed by atoms with Gasteiger partial charge in [-0.2, -0.15) is 5.10 Å². The molecule has 0 spiro atoms. The third-order valence-corrected chi connectivity index (χ3v) is 3.20. The number of rotatable bonds is 6. The molecule has 0 fully saturated rings. The van der Waals surface area contributed by atoms with Gasteiger partial charge in [-0.05, 0) is 23.6 Å². The van der Waals surface area contributed by atoms with Gasteiger partial charge in [0.15, 0.2) is 0 Å². The zero-order valence-electron chi connectivity index (χ0n) is 10.8. The van der Waals surface area contributed by atoms with Crippen molar-refractivity contribution in [2.75, 3.05) is 6.61 Å². The summed E-state index contributed by atoms with van der Waals surface area (Å²) >= 11 is 1.55. The van der Waals surface area contributed by atoms with E-state index in [1.165, 1.54) is 0 Å². The van der Waals surface area contributed by atoms with Crippen molar-refractivity contribution in [2.24, 2.45) is 5.10 Å². The number of hydrogen-bond acceptors (Lipinski definition) is 4. The Bertz CT molecular complexity index is 606.